The monoisotopic (exact) mass is 328 g/mol. The lowest BCUT2D eigenvalue weighted by molar-refractivity contribution is 0.125. The molecule has 0 heterocycles. The Morgan fingerprint density at radius 1 is 0.435 bits per heavy atom. The largest absolute Gasteiger partial charge is 0.381 e. The van der Waals surface area contributed by atoms with Crippen LogP contribution in [0.3, 0.4) is 0 Å². The van der Waals surface area contributed by atoms with Gasteiger partial charge in [-0.3, -0.25) is 0 Å². The summed E-state index contributed by atoms with van der Waals surface area (Å²) < 4.78 is 5.74. The number of nitrogens with zero attached hydrogens (tertiary/aromatic N) is 2. The fraction of sp³-hybridized carbons (Fsp3) is 1.00. The molecule has 0 bridgehead atoms. The van der Waals surface area contributed by atoms with Crippen LogP contribution in [0.5, 0.6) is 0 Å². The Kier molecular flexibility index (Phi) is 18.1. The summed E-state index contributed by atoms with van der Waals surface area (Å²) in [5.41, 5.74) is 0. The molecular weight excluding hydrogens is 284 g/mol. The predicted molar refractivity (Wildman–Crippen MR) is 103 cm³/mol. The molecule has 0 aromatic rings. The smallest absolute Gasteiger partial charge is 0.0466 e. The number of hydrogen-bond donors (Lipinski definition) is 0. The maximum absolute atomic E-state index is 5.74. The van der Waals surface area contributed by atoms with E-state index in [0.717, 1.165) is 13.2 Å². The van der Waals surface area contributed by atoms with Gasteiger partial charge in [0.2, 0.25) is 0 Å². The van der Waals surface area contributed by atoms with Crippen molar-refractivity contribution in [2.75, 3.05) is 54.5 Å². The van der Waals surface area contributed by atoms with Gasteiger partial charge in [-0.2, -0.15) is 0 Å². The highest BCUT2D eigenvalue weighted by atomic mass is 16.5. The minimum absolute atomic E-state index is 0.973. The third-order valence-electron chi connectivity index (χ3n) is 4.29. The van der Waals surface area contributed by atoms with E-state index in [-0.39, 0.29) is 0 Å². The first-order valence-corrected chi connectivity index (χ1v) is 10.00. The fourth-order valence-electron chi connectivity index (χ4n) is 2.78. The van der Waals surface area contributed by atoms with Gasteiger partial charge in [0, 0.05) is 13.2 Å². The second-order valence-corrected chi connectivity index (χ2v) is 7.46. The van der Waals surface area contributed by atoms with E-state index in [1.54, 1.807) is 0 Å². The molecule has 0 saturated heterocycles. The normalized spacial score (nSPS) is 11.7. The molecule has 0 saturated carbocycles. The van der Waals surface area contributed by atoms with Gasteiger partial charge in [0.05, 0.1) is 0 Å². The maximum atomic E-state index is 5.74. The van der Waals surface area contributed by atoms with Crippen molar-refractivity contribution in [3.63, 3.8) is 0 Å². The van der Waals surface area contributed by atoms with Gasteiger partial charge in [-0.05, 0) is 67.0 Å². The number of ether oxygens (including phenoxy) is 1. The Morgan fingerprint density at radius 2 is 0.739 bits per heavy atom. The zero-order valence-corrected chi connectivity index (χ0v) is 16.6. The molecule has 3 nitrogen and oxygen atoms in total. The van der Waals surface area contributed by atoms with Gasteiger partial charge >= 0.3 is 0 Å². The molecule has 0 radical (unpaired) electrons. The summed E-state index contributed by atoms with van der Waals surface area (Å²) in [6, 6.07) is 0. The highest BCUT2D eigenvalue weighted by Crippen LogP contribution is 2.07. The first-order valence-electron chi connectivity index (χ1n) is 10.00. The van der Waals surface area contributed by atoms with Gasteiger partial charge in [0.25, 0.3) is 0 Å². The second-order valence-electron chi connectivity index (χ2n) is 7.46. The van der Waals surface area contributed by atoms with E-state index < -0.39 is 0 Å². The quantitative estimate of drug-likeness (QED) is 0.336. The Bertz CT molecular complexity index is 198. The van der Waals surface area contributed by atoms with Gasteiger partial charge in [-0.1, -0.05) is 51.4 Å². The van der Waals surface area contributed by atoms with Crippen LogP contribution in [0.15, 0.2) is 0 Å². The Hall–Kier alpha value is -0.120. The van der Waals surface area contributed by atoms with Gasteiger partial charge in [-0.15, -0.1) is 0 Å². The number of unbranched alkanes of at least 4 members (excludes halogenated alkanes) is 10. The summed E-state index contributed by atoms with van der Waals surface area (Å²) in [6.07, 6.45) is 16.2. The highest BCUT2D eigenvalue weighted by Gasteiger charge is 1.95. The lowest BCUT2D eigenvalue weighted by Gasteiger charge is -2.09. The lowest BCUT2D eigenvalue weighted by Crippen LogP contribution is -2.12. The van der Waals surface area contributed by atoms with Gasteiger partial charge in [-0.25, -0.2) is 0 Å². The van der Waals surface area contributed by atoms with Crippen molar-refractivity contribution < 1.29 is 4.74 Å². The van der Waals surface area contributed by atoms with Crippen LogP contribution in [-0.4, -0.2) is 64.3 Å². The minimum atomic E-state index is 0.973. The molecule has 0 rings (SSSR count). The number of rotatable bonds is 18. The molecule has 140 valence electrons. The van der Waals surface area contributed by atoms with E-state index in [4.69, 9.17) is 4.74 Å². The second kappa shape index (κ2) is 18.2. The van der Waals surface area contributed by atoms with Crippen molar-refractivity contribution >= 4 is 0 Å². The van der Waals surface area contributed by atoms with Crippen molar-refractivity contribution in [3.05, 3.63) is 0 Å². The summed E-state index contributed by atoms with van der Waals surface area (Å²) in [5, 5.41) is 0. The summed E-state index contributed by atoms with van der Waals surface area (Å²) in [7, 11) is 8.62. The molecule has 0 aromatic carbocycles. The highest BCUT2D eigenvalue weighted by molar-refractivity contribution is 4.50. The molecule has 0 unspecified atom stereocenters. The Balaban J connectivity index is 2.97. The lowest BCUT2D eigenvalue weighted by atomic mass is 10.1. The van der Waals surface area contributed by atoms with Crippen LogP contribution in [0, 0.1) is 0 Å². The van der Waals surface area contributed by atoms with E-state index in [9.17, 15) is 0 Å². The van der Waals surface area contributed by atoms with E-state index in [0.29, 0.717) is 0 Å². The van der Waals surface area contributed by atoms with E-state index in [1.807, 2.05) is 0 Å². The maximum Gasteiger partial charge on any atom is 0.0466 e. The molecule has 0 aliphatic carbocycles. The van der Waals surface area contributed by atoms with Crippen LogP contribution in [0.2, 0.25) is 0 Å². The van der Waals surface area contributed by atoms with Crippen molar-refractivity contribution in [3.8, 4) is 0 Å². The molecule has 23 heavy (non-hydrogen) atoms. The molecule has 0 atom stereocenters. The van der Waals surface area contributed by atoms with E-state index in [2.05, 4.69) is 38.0 Å². The van der Waals surface area contributed by atoms with Crippen LogP contribution in [-0.2, 0) is 4.74 Å². The molecule has 0 aliphatic rings. The first-order chi connectivity index (χ1) is 11.1. The zero-order valence-electron chi connectivity index (χ0n) is 16.6. The third kappa shape index (κ3) is 21.9. The Morgan fingerprint density at radius 3 is 1.09 bits per heavy atom. The summed E-state index contributed by atoms with van der Waals surface area (Å²) >= 11 is 0. The van der Waals surface area contributed by atoms with Gasteiger partial charge in [0.1, 0.15) is 0 Å². The predicted octanol–water partition coefficient (Wildman–Crippen LogP) is 4.81. The van der Waals surface area contributed by atoms with Gasteiger partial charge in [0.15, 0.2) is 0 Å². The summed E-state index contributed by atoms with van der Waals surface area (Å²) in [5.74, 6) is 0. The SMILES string of the molecule is CN(C)CCCCCCCCOCCCCCCCCN(C)C. The van der Waals surface area contributed by atoms with Crippen LogP contribution < -0.4 is 0 Å². The van der Waals surface area contributed by atoms with Crippen LogP contribution in [0.1, 0.15) is 77.0 Å². The molecule has 0 N–H and O–H groups in total. The fourth-order valence-corrected chi connectivity index (χ4v) is 2.78. The molecule has 0 aliphatic heterocycles. The summed E-state index contributed by atoms with van der Waals surface area (Å²) in [4.78, 5) is 4.55. The molecule has 0 fully saturated rings. The van der Waals surface area contributed by atoms with Gasteiger partial charge < -0.3 is 14.5 Å². The third-order valence-corrected chi connectivity index (χ3v) is 4.29. The van der Waals surface area contributed by atoms with Crippen molar-refractivity contribution in [2.45, 2.75) is 77.0 Å². The summed E-state index contributed by atoms with van der Waals surface area (Å²) in [6.45, 7) is 4.42. The van der Waals surface area contributed by atoms with E-state index >= 15 is 0 Å². The molecule has 0 spiro atoms. The van der Waals surface area contributed by atoms with Crippen LogP contribution in [0.25, 0.3) is 0 Å². The molecular formula is C20H44N2O. The molecule has 3 heteroatoms. The van der Waals surface area contributed by atoms with E-state index in [1.165, 1.54) is 90.1 Å². The average molecular weight is 329 g/mol. The first kappa shape index (κ1) is 22.9. The van der Waals surface area contributed by atoms with Crippen molar-refractivity contribution in [2.24, 2.45) is 0 Å². The molecule has 0 amide bonds. The topological polar surface area (TPSA) is 15.7 Å². The van der Waals surface area contributed by atoms with Crippen LogP contribution in [0.4, 0.5) is 0 Å². The molecule has 0 aromatic heterocycles. The number of hydrogen-bond acceptors (Lipinski definition) is 3. The van der Waals surface area contributed by atoms with Crippen LogP contribution >= 0.6 is 0 Å². The zero-order chi connectivity index (χ0) is 17.2. The average Bonchev–Trinajstić information content (AvgIpc) is 2.49. The van der Waals surface area contributed by atoms with Crippen molar-refractivity contribution in [1.29, 1.82) is 0 Å². The Labute approximate surface area is 146 Å². The standard InChI is InChI=1S/C20H44N2O/c1-21(2)17-13-9-5-7-11-15-19-23-20-16-12-8-6-10-14-18-22(3)4/h5-20H2,1-4H3. The minimum Gasteiger partial charge on any atom is -0.381 e. The van der Waals surface area contributed by atoms with Crippen molar-refractivity contribution in [1.82, 2.24) is 9.80 Å².